The van der Waals surface area contributed by atoms with Gasteiger partial charge in [0, 0.05) is 5.39 Å². The van der Waals surface area contributed by atoms with Gasteiger partial charge in [0.25, 0.3) is 0 Å². The van der Waals surface area contributed by atoms with Crippen LogP contribution in [0.5, 0.6) is 0 Å². The fourth-order valence-electron chi connectivity index (χ4n) is 2.44. The van der Waals surface area contributed by atoms with Crippen LogP contribution < -0.4 is 5.63 Å². The molecule has 0 spiro atoms. The smallest absolute Gasteiger partial charge is 0.356 e. The second kappa shape index (κ2) is 5.48. The molecule has 0 amide bonds. The van der Waals surface area contributed by atoms with Gasteiger partial charge < -0.3 is 4.42 Å². The molecular weight excluding hydrogens is 316 g/mol. The fraction of sp³-hybridized carbons (Fsp3) is 0.0588. The monoisotopic (exact) mass is 328 g/mol. The summed E-state index contributed by atoms with van der Waals surface area (Å²) in [6, 6.07) is 13.8. The zero-order chi connectivity index (χ0) is 16.6. The molecule has 0 saturated heterocycles. The summed E-state index contributed by atoms with van der Waals surface area (Å²) in [5, 5.41) is 0.300. The molecular formula is C17H12O5S. The van der Waals surface area contributed by atoms with Gasteiger partial charge >= 0.3 is 5.63 Å². The van der Waals surface area contributed by atoms with E-state index in [0.717, 1.165) is 0 Å². The molecule has 0 saturated carbocycles. The lowest BCUT2D eigenvalue weighted by atomic mass is 10.1. The van der Waals surface area contributed by atoms with E-state index in [4.69, 9.17) is 4.42 Å². The summed E-state index contributed by atoms with van der Waals surface area (Å²) in [6.45, 7) is 1.23. The Bertz CT molecular complexity index is 1060. The molecule has 0 bridgehead atoms. The number of hydrogen-bond donors (Lipinski definition) is 0. The minimum atomic E-state index is -4.16. The first-order chi connectivity index (χ1) is 10.9. The quantitative estimate of drug-likeness (QED) is 0.545. The standard InChI is InChI=1S/C17H12O5S/c1-11(18)15-13-9-5-6-10-14(13)22-17(19)16(15)23(20,21)12-7-3-2-4-8-12/h2-10H,1H3. The summed E-state index contributed by atoms with van der Waals surface area (Å²) in [5.41, 5.74) is -1.01. The normalized spacial score (nSPS) is 11.5. The van der Waals surface area contributed by atoms with E-state index in [1.165, 1.54) is 25.1 Å². The first kappa shape index (κ1) is 15.2. The maximum atomic E-state index is 12.8. The van der Waals surface area contributed by atoms with E-state index < -0.39 is 26.1 Å². The molecule has 0 N–H and O–H groups in total. The average molecular weight is 328 g/mol. The number of sulfone groups is 1. The Morgan fingerprint density at radius 1 is 0.957 bits per heavy atom. The minimum absolute atomic E-state index is 0.0647. The molecule has 0 radical (unpaired) electrons. The highest BCUT2D eigenvalue weighted by Gasteiger charge is 2.30. The van der Waals surface area contributed by atoms with Gasteiger partial charge in [0.2, 0.25) is 9.84 Å². The van der Waals surface area contributed by atoms with E-state index in [1.54, 1.807) is 36.4 Å². The molecule has 0 aliphatic rings. The zero-order valence-corrected chi connectivity index (χ0v) is 13.0. The lowest BCUT2D eigenvalue weighted by Crippen LogP contribution is -2.19. The summed E-state index contributed by atoms with van der Waals surface area (Å²) in [6.07, 6.45) is 0. The zero-order valence-electron chi connectivity index (χ0n) is 12.1. The Morgan fingerprint density at radius 3 is 2.22 bits per heavy atom. The van der Waals surface area contributed by atoms with Crippen LogP contribution in [-0.2, 0) is 9.84 Å². The highest BCUT2D eigenvalue weighted by atomic mass is 32.2. The van der Waals surface area contributed by atoms with Crippen molar-refractivity contribution < 1.29 is 17.6 Å². The number of fused-ring (bicyclic) bond motifs is 1. The lowest BCUT2D eigenvalue weighted by molar-refractivity contribution is 0.101. The Balaban J connectivity index is 2.47. The van der Waals surface area contributed by atoms with E-state index in [2.05, 4.69) is 0 Å². The number of para-hydroxylation sites is 1. The third-order valence-electron chi connectivity index (χ3n) is 3.45. The number of carbonyl (C=O) groups is 1. The second-order valence-electron chi connectivity index (χ2n) is 4.96. The van der Waals surface area contributed by atoms with Crippen molar-refractivity contribution in [3.05, 3.63) is 70.6 Å². The molecule has 3 aromatic rings. The molecule has 1 heterocycles. The van der Waals surface area contributed by atoms with Crippen LogP contribution in [-0.4, -0.2) is 14.2 Å². The first-order valence-corrected chi connectivity index (χ1v) is 8.28. The van der Waals surface area contributed by atoms with Crippen LogP contribution in [0, 0.1) is 0 Å². The van der Waals surface area contributed by atoms with Crippen LogP contribution in [0.15, 0.2) is 73.6 Å². The molecule has 116 valence electrons. The van der Waals surface area contributed by atoms with Crippen LogP contribution in [0.25, 0.3) is 11.0 Å². The van der Waals surface area contributed by atoms with Crippen LogP contribution in [0.2, 0.25) is 0 Å². The highest BCUT2D eigenvalue weighted by molar-refractivity contribution is 7.91. The van der Waals surface area contributed by atoms with Gasteiger partial charge in [-0.05, 0) is 25.1 Å². The Morgan fingerprint density at radius 2 is 1.57 bits per heavy atom. The van der Waals surface area contributed by atoms with Crippen molar-refractivity contribution >= 4 is 26.6 Å². The topological polar surface area (TPSA) is 81.4 Å². The molecule has 0 aliphatic carbocycles. The fourth-order valence-corrected chi connectivity index (χ4v) is 3.98. The third kappa shape index (κ3) is 2.47. The van der Waals surface area contributed by atoms with Gasteiger partial charge in [0.15, 0.2) is 10.7 Å². The Labute approximate surface area is 132 Å². The summed E-state index contributed by atoms with van der Waals surface area (Å²) in [7, 11) is -4.16. The summed E-state index contributed by atoms with van der Waals surface area (Å²) >= 11 is 0. The molecule has 3 rings (SSSR count). The number of hydrogen-bond acceptors (Lipinski definition) is 5. The van der Waals surface area contributed by atoms with Gasteiger partial charge in [-0.3, -0.25) is 4.79 Å². The summed E-state index contributed by atoms with van der Waals surface area (Å²) < 4.78 is 30.7. The third-order valence-corrected chi connectivity index (χ3v) is 5.25. The highest BCUT2D eigenvalue weighted by Crippen LogP contribution is 2.27. The molecule has 0 aliphatic heterocycles. The van der Waals surface area contributed by atoms with Gasteiger partial charge in [-0.15, -0.1) is 0 Å². The Hall–Kier alpha value is -2.73. The van der Waals surface area contributed by atoms with Crippen LogP contribution in [0.3, 0.4) is 0 Å². The molecule has 1 aromatic heterocycles. The van der Waals surface area contributed by atoms with Gasteiger partial charge in [-0.2, -0.15) is 0 Å². The van der Waals surface area contributed by atoms with Crippen molar-refractivity contribution in [2.75, 3.05) is 0 Å². The number of ketones is 1. The maximum Gasteiger partial charge on any atom is 0.356 e. The summed E-state index contributed by atoms with van der Waals surface area (Å²) in [4.78, 5) is 23.7. The second-order valence-corrected chi connectivity index (χ2v) is 6.85. The molecule has 0 atom stereocenters. The van der Waals surface area contributed by atoms with Crippen LogP contribution in [0.4, 0.5) is 0 Å². The SMILES string of the molecule is CC(=O)c1c(S(=O)(=O)c2ccccc2)c(=O)oc2ccccc12. The summed E-state index contributed by atoms with van der Waals surface area (Å²) in [5.74, 6) is -0.511. The molecule has 6 heteroatoms. The largest absolute Gasteiger partial charge is 0.422 e. The van der Waals surface area contributed by atoms with Gasteiger partial charge in [-0.1, -0.05) is 36.4 Å². The maximum absolute atomic E-state index is 12.8. The number of rotatable bonds is 3. The van der Waals surface area contributed by atoms with E-state index in [9.17, 15) is 18.0 Å². The van der Waals surface area contributed by atoms with Crippen molar-refractivity contribution in [3.8, 4) is 0 Å². The van der Waals surface area contributed by atoms with E-state index >= 15 is 0 Å². The Kier molecular flexibility index (Phi) is 3.61. The minimum Gasteiger partial charge on any atom is -0.422 e. The van der Waals surface area contributed by atoms with E-state index in [0.29, 0.717) is 5.39 Å². The first-order valence-electron chi connectivity index (χ1n) is 6.80. The van der Waals surface area contributed by atoms with Crippen LogP contribution >= 0.6 is 0 Å². The van der Waals surface area contributed by atoms with Crippen molar-refractivity contribution in [3.63, 3.8) is 0 Å². The van der Waals surface area contributed by atoms with Crippen molar-refractivity contribution in [2.24, 2.45) is 0 Å². The molecule has 23 heavy (non-hydrogen) atoms. The number of benzene rings is 2. The predicted molar refractivity (Wildman–Crippen MR) is 84.4 cm³/mol. The number of Topliss-reactive ketones (excluding diaryl/α,β-unsaturated/α-hetero) is 1. The van der Waals surface area contributed by atoms with Gasteiger partial charge in [0.1, 0.15) is 5.58 Å². The lowest BCUT2D eigenvalue weighted by Gasteiger charge is -2.09. The molecule has 2 aromatic carbocycles. The van der Waals surface area contributed by atoms with Crippen molar-refractivity contribution in [1.82, 2.24) is 0 Å². The van der Waals surface area contributed by atoms with E-state index in [-0.39, 0.29) is 16.0 Å². The van der Waals surface area contributed by atoms with Gasteiger partial charge in [0.05, 0.1) is 10.5 Å². The molecule has 5 nitrogen and oxygen atoms in total. The van der Waals surface area contributed by atoms with Crippen molar-refractivity contribution in [1.29, 1.82) is 0 Å². The van der Waals surface area contributed by atoms with Gasteiger partial charge in [-0.25, -0.2) is 13.2 Å². The molecule has 0 fully saturated rings. The number of carbonyl (C=O) groups excluding carboxylic acids is 1. The predicted octanol–water partition coefficient (Wildman–Crippen LogP) is 2.83. The van der Waals surface area contributed by atoms with Crippen molar-refractivity contribution in [2.45, 2.75) is 16.7 Å². The van der Waals surface area contributed by atoms with Crippen LogP contribution in [0.1, 0.15) is 17.3 Å². The van der Waals surface area contributed by atoms with E-state index in [1.807, 2.05) is 0 Å². The average Bonchev–Trinajstić information content (AvgIpc) is 2.54. The molecule has 0 unspecified atom stereocenters.